The van der Waals surface area contributed by atoms with Gasteiger partial charge in [0.15, 0.2) is 0 Å². The first kappa shape index (κ1) is 18.3. The fourth-order valence-electron chi connectivity index (χ4n) is 5.01. The second-order valence-electron chi connectivity index (χ2n) is 8.89. The van der Waals surface area contributed by atoms with Crippen molar-refractivity contribution in [1.29, 1.82) is 0 Å². The molecule has 0 radical (unpaired) electrons. The van der Waals surface area contributed by atoms with Crippen LogP contribution in [0, 0.1) is 0 Å². The second kappa shape index (κ2) is 6.21. The van der Waals surface area contributed by atoms with Gasteiger partial charge in [0.2, 0.25) is 5.95 Å². The minimum atomic E-state index is -0.331. The van der Waals surface area contributed by atoms with Gasteiger partial charge in [-0.25, -0.2) is 9.97 Å². The van der Waals surface area contributed by atoms with Crippen LogP contribution in [0.1, 0.15) is 46.1 Å². The molecule has 5 nitrogen and oxygen atoms in total. The first-order chi connectivity index (χ1) is 12.7. The number of nitrogens with one attached hydrogen (secondary N) is 3. The zero-order chi connectivity index (χ0) is 19.3. The Balaban J connectivity index is 1.91. The Bertz CT molecular complexity index is 945. The van der Waals surface area contributed by atoms with E-state index in [0.29, 0.717) is 5.95 Å². The Morgan fingerprint density at radius 3 is 2.33 bits per heavy atom. The van der Waals surface area contributed by atoms with Crippen molar-refractivity contribution in [3.8, 4) is 0 Å². The number of nitrogens with zero attached hydrogens (tertiary/aromatic N) is 2. The molecule has 3 heterocycles. The first-order valence-corrected chi connectivity index (χ1v) is 9.68. The highest BCUT2D eigenvalue weighted by Gasteiger charge is 2.49. The molecule has 1 fully saturated rings. The van der Waals surface area contributed by atoms with Crippen molar-refractivity contribution in [2.45, 2.75) is 57.2 Å². The lowest BCUT2D eigenvalue weighted by molar-refractivity contribution is 0.117. The molecule has 0 spiro atoms. The quantitative estimate of drug-likeness (QED) is 0.604. The lowest BCUT2D eigenvalue weighted by Crippen LogP contribution is -2.64. The number of rotatable bonds is 3. The Morgan fingerprint density at radius 1 is 1.00 bits per heavy atom. The van der Waals surface area contributed by atoms with E-state index in [1.165, 1.54) is 5.56 Å². The molecule has 3 N–H and O–H groups in total. The van der Waals surface area contributed by atoms with E-state index >= 15 is 0 Å². The van der Waals surface area contributed by atoms with Gasteiger partial charge >= 0.3 is 0 Å². The van der Waals surface area contributed by atoms with Gasteiger partial charge in [-0.05, 0) is 52.7 Å². The van der Waals surface area contributed by atoms with Gasteiger partial charge in [-0.2, -0.15) is 0 Å². The fourth-order valence-corrected chi connectivity index (χ4v) is 5.24. The summed E-state index contributed by atoms with van der Waals surface area (Å²) in [6.07, 6.45) is 7.41. The standard InChI is InChI=1S/C21H26ClN5/c1-19(2)12-21(13-20(3,4)27-19,26-18-23-9-6-10-24-18)15-11-25-17-14(15)7-5-8-16(17)22/h5-11,25,27H,12-13H2,1-4H3,(H,23,24,26). The van der Waals surface area contributed by atoms with Gasteiger partial charge in [0, 0.05) is 40.6 Å². The summed E-state index contributed by atoms with van der Waals surface area (Å²) in [6, 6.07) is 7.89. The molecule has 0 aliphatic carbocycles. The van der Waals surface area contributed by atoms with Crippen molar-refractivity contribution in [1.82, 2.24) is 20.3 Å². The topological polar surface area (TPSA) is 65.6 Å². The number of hydrogen-bond donors (Lipinski definition) is 3. The zero-order valence-electron chi connectivity index (χ0n) is 16.2. The summed E-state index contributed by atoms with van der Waals surface area (Å²) in [5.74, 6) is 0.641. The van der Waals surface area contributed by atoms with E-state index in [0.717, 1.165) is 28.8 Å². The second-order valence-corrected chi connectivity index (χ2v) is 9.30. The summed E-state index contributed by atoms with van der Waals surface area (Å²) in [4.78, 5) is 12.3. The largest absolute Gasteiger partial charge is 0.360 e. The summed E-state index contributed by atoms with van der Waals surface area (Å²) in [6.45, 7) is 8.99. The summed E-state index contributed by atoms with van der Waals surface area (Å²) in [5, 5.41) is 9.34. The number of H-pyrrole nitrogens is 1. The van der Waals surface area contributed by atoms with Crippen molar-refractivity contribution in [3.05, 3.63) is 53.4 Å². The minimum absolute atomic E-state index is 0.0638. The molecule has 3 aromatic rings. The molecular weight excluding hydrogens is 358 g/mol. The first-order valence-electron chi connectivity index (χ1n) is 9.30. The van der Waals surface area contributed by atoms with Gasteiger partial charge < -0.3 is 15.6 Å². The molecule has 0 saturated carbocycles. The molecule has 1 saturated heterocycles. The van der Waals surface area contributed by atoms with Crippen LogP contribution < -0.4 is 10.6 Å². The van der Waals surface area contributed by atoms with Gasteiger partial charge in [-0.15, -0.1) is 0 Å². The molecule has 1 aromatic carbocycles. The number of fused-ring (bicyclic) bond motifs is 1. The van der Waals surface area contributed by atoms with Gasteiger partial charge in [0.25, 0.3) is 0 Å². The van der Waals surface area contributed by atoms with Crippen molar-refractivity contribution >= 4 is 28.5 Å². The number of aromatic amines is 1. The van der Waals surface area contributed by atoms with Crippen molar-refractivity contribution < 1.29 is 0 Å². The van der Waals surface area contributed by atoms with Crippen LogP contribution in [-0.4, -0.2) is 26.0 Å². The van der Waals surface area contributed by atoms with Crippen LogP contribution in [-0.2, 0) is 5.54 Å². The monoisotopic (exact) mass is 383 g/mol. The molecule has 4 rings (SSSR count). The average Bonchev–Trinajstić information content (AvgIpc) is 2.99. The summed E-state index contributed by atoms with van der Waals surface area (Å²) in [7, 11) is 0. The van der Waals surface area contributed by atoms with Gasteiger partial charge in [0.1, 0.15) is 0 Å². The van der Waals surface area contributed by atoms with Crippen molar-refractivity contribution in [2.75, 3.05) is 5.32 Å². The molecule has 0 amide bonds. The SMILES string of the molecule is CC1(C)CC(Nc2ncccn2)(c2c[nH]c3c(Cl)cccc23)CC(C)(C)N1. The minimum Gasteiger partial charge on any atom is -0.360 e. The Kier molecular flexibility index (Phi) is 4.20. The van der Waals surface area contributed by atoms with Crippen LogP contribution in [0.3, 0.4) is 0 Å². The van der Waals surface area contributed by atoms with Gasteiger partial charge in [-0.1, -0.05) is 23.7 Å². The molecule has 1 aliphatic heterocycles. The number of piperidine rings is 1. The van der Waals surface area contributed by atoms with E-state index in [2.05, 4.69) is 65.5 Å². The van der Waals surface area contributed by atoms with E-state index < -0.39 is 0 Å². The molecule has 142 valence electrons. The maximum atomic E-state index is 6.44. The van der Waals surface area contributed by atoms with Crippen molar-refractivity contribution in [2.24, 2.45) is 0 Å². The number of halogens is 1. The molecular formula is C21H26ClN5. The Morgan fingerprint density at radius 2 is 1.67 bits per heavy atom. The fraction of sp³-hybridized carbons (Fsp3) is 0.429. The molecule has 0 atom stereocenters. The maximum absolute atomic E-state index is 6.44. The van der Waals surface area contributed by atoms with Gasteiger partial charge in [-0.3, -0.25) is 0 Å². The van der Waals surface area contributed by atoms with Crippen LogP contribution in [0.25, 0.3) is 10.9 Å². The maximum Gasteiger partial charge on any atom is 0.223 e. The summed E-state index contributed by atoms with van der Waals surface area (Å²) < 4.78 is 0. The number of anilines is 1. The van der Waals surface area contributed by atoms with Crippen LogP contribution in [0.4, 0.5) is 5.95 Å². The van der Waals surface area contributed by atoms with Gasteiger partial charge in [0.05, 0.1) is 16.1 Å². The molecule has 0 unspecified atom stereocenters. The predicted molar refractivity (Wildman–Crippen MR) is 111 cm³/mol. The highest BCUT2D eigenvalue weighted by Crippen LogP contribution is 2.47. The highest BCUT2D eigenvalue weighted by molar-refractivity contribution is 6.35. The summed E-state index contributed by atoms with van der Waals surface area (Å²) >= 11 is 6.44. The van der Waals surface area contributed by atoms with E-state index in [-0.39, 0.29) is 16.6 Å². The molecule has 2 aromatic heterocycles. The van der Waals surface area contributed by atoms with Crippen LogP contribution >= 0.6 is 11.6 Å². The number of para-hydroxylation sites is 1. The van der Waals surface area contributed by atoms with E-state index in [4.69, 9.17) is 11.6 Å². The van der Waals surface area contributed by atoms with E-state index in [1.807, 2.05) is 18.2 Å². The highest BCUT2D eigenvalue weighted by atomic mass is 35.5. The third kappa shape index (κ3) is 3.42. The number of hydrogen-bond acceptors (Lipinski definition) is 4. The normalized spacial score (nSPS) is 20.5. The van der Waals surface area contributed by atoms with Crippen LogP contribution in [0.5, 0.6) is 0 Å². The lowest BCUT2D eigenvalue weighted by atomic mass is 9.67. The molecule has 27 heavy (non-hydrogen) atoms. The Labute approximate surface area is 165 Å². The Hall–Kier alpha value is -2.11. The summed E-state index contributed by atoms with van der Waals surface area (Å²) in [5.41, 5.74) is 1.72. The van der Waals surface area contributed by atoms with Crippen molar-refractivity contribution in [3.63, 3.8) is 0 Å². The number of aromatic nitrogens is 3. The number of benzene rings is 1. The zero-order valence-corrected chi connectivity index (χ0v) is 17.0. The molecule has 1 aliphatic rings. The lowest BCUT2D eigenvalue weighted by Gasteiger charge is -2.53. The smallest absolute Gasteiger partial charge is 0.223 e. The molecule has 0 bridgehead atoms. The molecule has 6 heteroatoms. The average molecular weight is 384 g/mol. The third-order valence-corrected chi connectivity index (χ3v) is 5.58. The van der Waals surface area contributed by atoms with Crippen LogP contribution in [0.2, 0.25) is 5.02 Å². The van der Waals surface area contributed by atoms with E-state index in [1.54, 1.807) is 12.4 Å². The van der Waals surface area contributed by atoms with E-state index in [9.17, 15) is 0 Å². The predicted octanol–water partition coefficient (Wildman–Crippen LogP) is 4.86. The third-order valence-electron chi connectivity index (χ3n) is 5.26. The van der Waals surface area contributed by atoms with Crippen LogP contribution in [0.15, 0.2) is 42.9 Å².